The molecule has 2 heteroatoms. The van der Waals surface area contributed by atoms with E-state index in [1.807, 2.05) is 11.3 Å². The minimum atomic E-state index is 0.564. The van der Waals surface area contributed by atoms with Gasteiger partial charge in [0.05, 0.1) is 0 Å². The molecule has 1 aliphatic carbocycles. The van der Waals surface area contributed by atoms with Crippen molar-refractivity contribution in [2.45, 2.75) is 25.8 Å². The summed E-state index contributed by atoms with van der Waals surface area (Å²) in [6.07, 6.45) is 2.76. The highest BCUT2D eigenvalue weighted by molar-refractivity contribution is 7.15. The molecule has 0 amide bonds. The zero-order valence-corrected chi connectivity index (χ0v) is 11.8. The van der Waals surface area contributed by atoms with Gasteiger partial charge in [0.25, 0.3) is 0 Å². The molecule has 1 aromatic heterocycles. The molecule has 1 heterocycles. The Balaban J connectivity index is 1.86. The Morgan fingerprint density at radius 3 is 2.44 bits per heavy atom. The molecule has 1 aromatic carbocycles. The van der Waals surface area contributed by atoms with Crippen molar-refractivity contribution in [3.05, 3.63) is 46.8 Å². The molecule has 3 rings (SSSR count). The third kappa shape index (κ3) is 2.36. The number of aryl methyl sites for hydroxylation is 1. The molecule has 0 saturated heterocycles. The van der Waals surface area contributed by atoms with E-state index in [9.17, 15) is 0 Å². The first kappa shape index (κ1) is 11.9. The molecule has 2 aromatic rings. The highest BCUT2D eigenvalue weighted by Crippen LogP contribution is 2.43. The van der Waals surface area contributed by atoms with Gasteiger partial charge >= 0.3 is 0 Å². The number of thiophene rings is 1. The van der Waals surface area contributed by atoms with E-state index in [-0.39, 0.29) is 0 Å². The van der Waals surface area contributed by atoms with E-state index >= 15 is 0 Å². The molecule has 1 aliphatic rings. The molecule has 1 saturated carbocycles. The smallest absolute Gasteiger partial charge is 0.0441 e. The Morgan fingerprint density at radius 2 is 1.83 bits per heavy atom. The van der Waals surface area contributed by atoms with Crippen molar-refractivity contribution in [3.63, 3.8) is 0 Å². The zero-order chi connectivity index (χ0) is 12.5. The summed E-state index contributed by atoms with van der Waals surface area (Å²) in [6.45, 7) is 2.13. The maximum Gasteiger partial charge on any atom is 0.0441 e. The lowest BCUT2D eigenvalue weighted by molar-refractivity contribution is 0.537. The number of hydrogen-bond donors (Lipinski definition) is 1. The minimum absolute atomic E-state index is 0.564. The Kier molecular flexibility index (Phi) is 3.23. The second kappa shape index (κ2) is 4.87. The lowest BCUT2D eigenvalue weighted by atomic mass is 10.1. The van der Waals surface area contributed by atoms with Crippen molar-refractivity contribution in [1.29, 1.82) is 0 Å². The SMILES string of the molecule is CNC(c1ccc(-c2ccc(C)cc2)s1)C1CC1. The molecule has 18 heavy (non-hydrogen) atoms. The molecule has 0 radical (unpaired) electrons. The Bertz CT molecular complexity index is 522. The number of nitrogens with one attached hydrogen (secondary N) is 1. The second-order valence-electron chi connectivity index (χ2n) is 5.17. The zero-order valence-electron chi connectivity index (χ0n) is 10.9. The summed E-state index contributed by atoms with van der Waals surface area (Å²) in [7, 11) is 2.08. The van der Waals surface area contributed by atoms with Gasteiger partial charge in [-0.05, 0) is 50.4 Å². The van der Waals surface area contributed by atoms with E-state index in [4.69, 9.17) is 0 Å². The van der Waals surface area contributed by atoms with Crippen LogP contribution in [0, 0.1) is 12.8 Å². The molecule has 1 N–H and O–H groups in total. The van der Waals surface area contributed by atoms with Gasteiger partial charge in [0.15, 0.2) is 0 Å². The van der Waals surface area contributed by atoms with Gasteiger partial charge in [-0.1, -0.05) is 29.8 Å². The first-order valence-electron chi connectivity index (χ1n) is 6.62. The topological polar surface area (TPSA) is 12.0 Å². The van der Waals surface area contributed by atoms with Crippen LogP contribution in [0.5, 0.6) is 0 Å². The highest BCUT2D eigenvalue weighted by Gasteiger charge is 2.32. The highest BCUT2D eigenvalue weighted by atomic mass is 32.1. The fourth-order valence-corrected chi connectivity index (χ4v) is 3.65. The van der Waals surface area contributed by atoms with E-state index in [1.165, 1.54) is 33.7 Å². The molecule has 1 unspecified atom stereocenters. The Hall–Kier alpha value is -1.12. The Labute approximate surface area is 113 Å². The van der Waals surface area contributed by atoms with Crippen LogP contribution in [0.25, 0.3) is 10.4 Å². The van der Waals surface area contributed by atoms with Crippen LogP contribution in [0.3, 0.4) is 0 Å². The van der Waals surface area contributed by atoms with E-state index < -0.39 is 0 Å². The largest absolute Gasteiger partial charge is 0.312 e. The molecule has 1 nitrogen and oxygen atoms in total. The molecular formula is C16H19NS. The lowest BCUT2D eigenvalue weighted by Crippen LogP contribution is -2.16. The predicted molar refractivity (Wildman–Crippen MR) is 79.0 cm³/mol. The molecule has 1 fully saturated rings. The van der Waals surface area contributed by atoms with Gasteiger partial charge in [0.1, 0.15) is 0 Å². The third-order valence-corrected chi connectivity index (χ3v) is 4.89. The molecule has 0 bridgehead atoms. The second-order valence-corrected chi connectivity index (χ2v) is 6.29. The third-order valence-electron chi connectivity index (χ3n) is 3.67. The van der Waals surface area contributed by atoms with E-state index in [0.717, 1.165) is 5.92 Å². The summed E-state index contributed by atoms with van der Waals surface area (Å²) in [4.78, 5) is 2.86. The van der Waals surface area contributed by atoms with E-state index in [0.29, 0.717) is 6.04 Å². The predicted octanol–water partition coefficient (Wildman–Crippen LogP) is 4.39. The summed E-state index contributed by atoms with van der Waals surface area (Å²) < 4.78 is 0. The fraction of sp³-hybridized carbons (Fsp3) is 0.375. The van der Waals surface area contributed by atoms with Crippen LogP contribution >= 0.6 is 11.3 Å². The summed E-state index contributed by atoms with van der Waals surface area (Å²) in [6, 6.07) is 13.9. The van der Waals surface area contributed by atoms with Crippen LogP contribution in [-0.2, 0) is 0 Å². The van der Waals surface area contributed by atoms with Gasteiger partial charge in [0, 0.05) is 15.8 Å². The molecule has 1 atom stereocenters. The first-order valence-corrected chi connectivity index (χ1v) is 7.43. The summed E-state index contributed by atoms with van der Waals surface area (Å²) in [5.41, 5.74) is 2.66. The standard InChI is InChI=1S/C16H19NS/c1-11-3-5-12(6-4-11)14-9-10-15(18-14)16(17-2)13-7-8-13/h3-6,9-10,13,16-17H,7-8H2,1-2H3. The molecule has 0 spiro atoms. The van der Waals surface area contributed by atoms with Gasteiger partial charge in [0.2, 0.25) is 0 Å². The van der Waals surface area contributed by atoms with Crippen molar-refractivity contribution < 1.29 is 0 Å². The summed E-state index contributed by atoms with van der Waals surface area (Å²) in [5.74, 6) is 0.861. The Morgan fingerprint density at radius 1 is 1.11 bits per heavy atom. The van der Waals surface area contributed by atoms with Crippen LogP contribution in [0.4, 0.5) is 0 Å². The van der Waals surface area contributed by atoms with E-state index in [1.54, 1.807) is 0 Å². The van der Waals surface area contributed by atoms with Gasteiger partial charge in [-0.15, -0.1) is 11.3 Å². The number of benzene rings is 1. The average Bonchev–Trinajstić information content (AvgIpc) is 3.09. The van der Waals surface area contributed by atoms with E-state index in [2.05, 4.69) is 55.7 Å². The van der Waals surface area contributed by atoms with Crippen molar-refractivity contribution in [1.82, 2.24) is 5.32 Å². The summed E-state index contributed by atoms with van der Waals surface area (Å²) >= 11 is 1.93. The maximum atomic E-state index is 3.46. The molecule has 94 valence electrons. The summed E-state index contributed by atoms with van der Waals surface area (Å²) in [5, 5.41) is 3.46. The monoisotopic (exact) mass is 257 g/mol. The number of rotatable bonds is 4. The normalized spacial score (nSPS) is 16.8. The first-order chi connectivity index (χ1) is 8.78. The maximum absolute atomic E-state index is 3.46. The number of hydrogen-bond acceptors (Lipinski definition) is 2. The molecule has 0 aliphatic heterocycles. The van der Waals surface area contributed by atoms with Crippen molar-refractivity contribution in [2.24, 2.45) is 5.92 Å². The van der Waals surface area contributed by atoms with Crippen LogP contribution < -0.4 is 5.32 Å². The van der Waals surface area contributed by atoms with Gasteiger partial charge in [-0.2, -0.15) is 0 Å². The lowest BCUT2D eigenvalue weighted by Gasteiger charge is -2.12. The van der Waals surface area contributed by atoms with Crippen LogP contribution in [0.2, 0.25) is 0 Å². The van der Waals surface area contributed by atoms with Gasteiger partial charge in [-0.3, -0.25) is 0 Å². The van der Waals surface area contributed by atoms with Crippen LogP contribution in [-0.4, -0.2) is 7.05 Å². The minimum Gasteiger partial charge on any atom is -0.312 e. The van der Waals surface area contributed by atoms with Gasteiger partial charge < -0.3 is 5.32 Å². The van der Waals surface area contributed by atoms with Crippen molar-refractivity contribution >= 4 is 11.3 Å². The fourth-order valence-electron chi connectivity index (χ4n) is 2.43. The average molecular weight is 257 g/mol. The quantitative estimate of drug-likeness (QED) is 0.856. The van der Waals surface area contributed by atoms with Crippen molar-refractivity contribution in [2.75, 3.05) is 7.05 Å². The van der Waals surface area contributed by atoms with Crippen molar-refractivity contribution in [3.8, 4) is 10.4 Å². The van der Waals surface area contributed by atoms with Gasteiger partial charge in [-0.25, -0.2) is 0 Å². The van der Waals surface area contributed by atoms with Crippen LogP contribution in [0.1, 0.15) is 29.3 Å². The van der Waals surface area contributed by atoms with Crippen LogP contribution in [0.15, 0.2) is 36.4 Å². The molecular weight excluding hydrogens is 238 g/mol.